The molecule has 0 unspecified atom stereocenters. The highest BCUT2D eigenvalue weighted by atomic mass is 35.5. The van der Waals surface area contributed by atoms with E-state index in [0.29, 0.717) is 16.1 Å². The van der Waals surface area contributed by atoms with Crippen molar-refractivity contribution in [1.82, 2.24) is 10.3 Å². The maximum Gasteiger partial charge on any atom is 0.239 e. The number of carbonyl (C=O) groups excluding carboxylic acids is 1. The van der Waals surface area contributed by atoms with Crippen LogP contribution in [0, 0.1) is 6.92 Å². The number of anilines is 2. The van der Waals surface area contributed by atoms with E-state index in [9.17, 15) is 4.79 Å². The average molecular weight is 457 g/mol. The highest BCUT2D eigenvalue weighted by molar-refractivity contribution is 6.42. The number of aromatic nitrogens is 1. The summed E-state index contributed by atoms with van der Waals surface area (Å²) >= 11 is 11.9. The third-order valence-corrected chi connectivity index (χ3v) is 6.48. The fourth-order valence-electron chi connectivity index (χ4n) is 4.08. The van der Waals surface area contributed by atoms with Gasteiger partial charge in [-0.25, -0.2) is 4.98 Å². The molecule has 0 saturated heterocycles. The molecule has 1 fully saturated rings. The van der Waals surface area contributed by atoms with Crippen LogP contribution in [0.5, 0.6) is 0 Å². The van der Waals surface area contributed by atoms with Gasteiger partial charge in [-0.05, 0) is 68.5 Å². The molecule has 0 bridgehead atoms. The van der Waals surface area contributed by atoms with Gasteiger partial charge < -0.3 is 16.0 Å². The lowest BCUT2D eigenvalue weighted by Crippen LogP contribution is -2.42. The summed E-state index contributed by atoms with van der Waals surface area (Å²) in [6.07, 6.45) is 3.89. The molecule has 3 N–H and O–H groups in total. The van der Waals surface area contributed by atoms with E-state index < -0.39 is 0 Å². The van der Waals surface area contributed by atoms with Crippen molar-refractivity contribution >= 4 is 51.5 Å². The van der Waals surface area contributed by atoms with Crippen molar-refractivity contribution in [2.24, 2.45) is 0 Å². The van der Waals surface area contributed by atoms with Crippen LogP contribution < -0.4 is 16.0 Å². The lowest BCUT2D eigenvalue weighted by molar-refractivity contribution is -0.120. The Hall–Kier alpha value is -2.50. The van der Waals surface area contributed by atoms with Crippen molar-refractivity contribution in [2.75, 3.05) is 17.2 Å². The van der Waals surface area contributed by atoms with Crippen LogP contribution in [0.1, 0.15) is 31.2 Å². The topological polar surface area (TPSA) is 66.0 Å². The Morgan fingerprint density at radius 3 is 2.52 bits per heavy atom. The molecule has 1 amide bonds. The van der Waals surface area contributed by atoms with Gasteiger partial charge in [0.05, 0.1) is 22.1 Å². The van der Waals surface area contributed by atoms with Crippen LogP contribution in [-0.2, 0) is 4.79 Å². The molecule has 7 heteroatoms. The molecule has 4 rings (SSSR count). The molecule has 0 aliphatic heterocycles. The standard InChI is InChI=1S/C24H26Cl2N4O/c1-15-12-23(30-22-5-3-2-4-19(15)22)28-16-6-8-17(9-7-16)29-24(31)14-27-18-10-11-20(25)21(26)13-18/h2-5,10-13,16-17,27H,6-9,14H2,1H3,(H,28,30)(H,29,31)/t16-,17+. The molecule has 1 aliphatic rings. The molecule has 2 aromatic carbocycles. The quantitative estimate of drug-likeness (QED) is 0.438. The Labute approximate surface area is 192 Å². The Bertz CT molecular complexity index is 1080. The Kier molecular flexibility index (Phi) is 6.83. The van der Waals surface area contributed by atoms with Gasteiger partial charge in [0.1, 0.15) is 5.82 Å². The smallest absolute Gasteiger partial charge is 0.239 e. The summed E-state index contributed by atoms with van der Waals surface area (Å²) < 4.78 is 0. The monoisotopic (exact) mass is 456 g/mol. The normalized spacial score (nSPS) is 18.5. The third kappa shape index (κ3) is 5.60. The zero-order chi connectivity index (χ0) is 21.8. The van der Waals surface area contributed by atoms with Crippen molar-refractivity contribution < 1.29 is 4.79 Å². The van der Waals surface area contributed by atoms with Gasteiger partial charge in [0.2, 0.25) is 5.91 Å². The van der Waals surface area contributed by atoms with Gasteiger partial charge in [-0.1, -0.05) is 41.4 Å². The van der Waals surface area contributed by atoms with Crippen LogP contribution in [0.3, 0.4) is 0 Å². The molecule has 0 spiro atoms. The third-order valence-electron chi connectivity index (χ3n) is 5.74. The van der Waals surface area contributed by atoms with E-state index in [0.717, 1.165) is 42.7 Å². The summed E-state index contributed by atoms with van der Waals surface area (Å²) in [5.74, 6) is 0.906. The van der Waals surface area contributed by atoms with Crippen molar-refractivity contribution in [3.05, 3.63) is 64.1 Å². The second-order valence-corrected chi connectivity index (χ2v) is 8.90. The van der Waals surface area contributed by atoms with Crippen LogP contribution in [0.4, 0.5) is 11.5 Å². The molecule has 5 nitrogen and oxygen atoms in total. The molecule has 1 saturated carbocycles. The first-order valence-electron chi connectivity index (χ1n) is 10.6. The van der Waals surface area contributed by atoms with Crippen LogP contribution in [-0.4, -0.2) is 29.5 Å². The molecule has 1 aromatic heterocycles. The molecule has 0 atom stereocenters. The summed E-state index contributed by atoms with van der Waals surface area (Å²) in [7, 11) is 0. The van der Waals surface area contributed by atoms with Gasteiger partial charge in [0.15, 0.2) is 0 Å². The number of carbonyl (C=O) groups is 1. The number of hydrogen-bond acceptors (Lipinski definition) is 4. The van der Waals surface area contributed by atoms with Gasteiger partial charge in [-0.3, -0.25) is 4.79 Å². The fourth-order valence-corrected chi connectivity index (χ4v) is 4.38. The summed E-state index contributed by atoms with van der Waals surface area (Å²) in [5, 5.41) is 12.0. The zero-order valence-corrected chi connectivity index (χ0v) is 18.9. The highest BCUT2D eigenvalue weighted by Gasteiger charge is 2.22. The SMILES string of the molecule is Cc1cc(N[C@H]2CC[C@@H](NC(=O)CNc3ccc(Cl)c(Cl)c3)CC2)nc2ccccc12. The van der Waals surface area contributed by atoms with E-state index in [1.165, 1.54) is 10.9 Å². The van der Waals surface area contributed by atoms with Gasteiger partial charge in [-0.2, -0.15) is 0 Å². The van der Waals surface area contributed by atoms with E-state index in [1.807, 2.05) is 18.2 Å². The number of aryl methyl sites for hydroxylation is 1. The number of benzene rings is 2. The second kappa shape index (κ2) is 9.75. The first-order valence-corrected chi connectivity index (χ1v) is 11.3. The number of nitrogens with zero attached hydrogens (tertiary/aromatic N) is 1. The minimum atomic E-state index is -0.0192. The first kappa shape index (κ1) is 21.7. The van der Waals surface area contributed by atoms with Crippen LogP contribution >= 0.6 is 23.2 Å². The maximum atomic E-state index is 12.3. The fraction of sp³-hybridized carbons (Fsp3) is 0.333. The molecule has 1 aliphatic carbocycles. The molecule has 0 radical (unpaired) electrons. The van der Waals surface area contributed by atoms with E-state index in [1.54, 1.807) is 18.2 Å². The van der Waals surface area contributed by atoms with Crippen LogP contribution in [0.15, 0.2) is 48.5 Å². The minimum absolute atomic E-state index is 0.0192. The lowest BCUT2D eigenvalue weighted by Gasteiger charge is -2.30. The van der Waals surface area contributed by atoms with E-state index >= 15 is 0 Å². The summed E-state index contributed by atoms with van der Waals surface area (Å²) in [6.45, 7) is 2.32. The van der Waals surface area contributed by atoms with Crippen molar-refractivity contribution in [3.8, 4) is 0 Å². The number of rotatable bonds is 6. The number of halogens is 2. The minimum Gasteiger partial charge on any atom is -0.376 e. The predicted molar refractivity (Wildman–Crippen MR) is 129 cm³/mol. The van der Waals surface area contributed by atoms with Gasteiger partial charge in [-0.15, -0.1) is 0 Å². The Morgan fingerprint density at radius 1 is 1.00 bits per heavy atom. The molecule has 3 aromatic rings. The number of nitrogens with one attached hydrogen (secondary N) is 3. The lowest BCUT2D eigenvalue weighted by atomic mass is 9.91. The summed E-state index contributed by atoms with van der Waals surface area (Å²) in [6, 6.07) is 16.1. The summed E-state index contributed by atoms with van der Waals surface area (Å²) in [5.41, 5.74) is 3.01. The summed E-state index contributed by atoms with van der Waals surface area (Å²) in [4.78, 5) is 17.1. The van der Waals surface area contributed by atoms with Crippen LogP contribution in [0.2, 0.25) is 10.0 Å². The molecular weight excluding hydrogens is 431 g/mol. The second-order valence-electron chi connectivity index (χ2n) is 8.08. The highest BCUT2D eigenvalue weighted by Crippen LogP contribution is 2.26. The Balaban J connectivity index is 1.24. The van der Waals surface area contributed by atoms with E-state index in [2.05, 4.69) is 35.0 Å². The zero-order valence-electron chi connectivity index (χ0n) is 17.4. The molecule has 162 valence electrons. The molecular formula is C24H26Cl2N4O. The number of fused-ring (bicyclic) bond motifs is 1. The van der Waals surface area contributed by atoms with E-state index in [-0.39, 0.29) is 18.5 Å². The number of hydrogen-bond donors (Lipinski definition) is 3. The van der Waals surface area contributed by atoms with Gasteiger partial charge in [0, 0.05) is 23.2 Å². The Morgan fingerprint density at radius 2 is 1.74 bits per heavy atom. The van der Waals surface area contributed by atoms with Crippen molar-refractivity contribution in [1.29, 1.82) is 0 Å². The number of para-hydroxylation sites is 1. The van der Waals surface area contributed by atoms with E-state index in [4.69, 9.17) is 28.2 Å². The van der Waals surface area contributed by atoms with Crippen LogP contribution in [0.25, 0.3) is 10.9 Å². The van der Waals surface area contributed by atoms with Gasteiger partial charge in [0.25, 0.3) is 0 Å². The maximum absolute atomic E-state index is 12.3. The number of pyridine rings is 1. The predicted octanol–water partition coefficient (Wildman–Crippen LogP) is 5.80. The molecule has 1 heterocycles. The average Bonchev–Trinajstić information content (AvgIpc) is 2.76. The number of amides is 1. The molecule has 31 heavy (non-hydrogen) atoms. The van der Waals surface area contributed by atoms with Gasteiger partial charge >= 0.3 is 0 Å². The van der Waals surface area contributed by atoms with Crippen molar-refractivity contribution in [3.63, 3.8) is 0 Å². The van der Waals surface area contributed by atoms with Crippen molar-refractivity contribution in [2.45, 2.75) is 44.7 Å². The largest absolute Gasteiger partial charge is 0.376 e. The first-order chi connectivity index (χ1) is 15.0.